The Hall–Kier alpha value is -1.46. The van der Waals surface area contributed by atoms with E-state index in [1.54, 1.807) is 31.2 Å². The van der Waals surface area contributed by atoms with Gasteiger partial charge < -0.3 is 9.73 Å². The zero-order valence-electron chi connectivity index (χ0n) is 10.4. The zero-order chi connectivity index (χ0) is 13.8. The molecule has 0 fully saturated rings. The summed E-state index contributed by atoms with van der Waals surface area (Å²) in [6.07, 6.45) is 1.64. The minimum atomic E-state index is -0.288. The first-order valence-electron chi connectivity index (χ1n) is 5.71. The minimum absolute atomic E-state index is 0.0785. The van der Waals surface area contributed by atoms with Gasteiger partial charge in [0.25, 0.3) is 5.22 Å². The lowest BCUT2D eigenvalue weighted by Gasteiger charge is -2.07. The summed E-state index contributed by atoms with van der Waals surface area (Å²) in [5.41, 5.74) is 1.35. The van der Waals surface area contributed by atoms with Crippen LogP contribution in [-0.4, -0.2) is 22.7 Å². The summed E-state index contributed by atoms with van der Waals surface area (Å²) in [5.74, 6) is -0.0785. The molecule has 0 spiro atoms. The summed E-state index contributed by atoms with van der Waals surface area (Å²) >= 11 is 7.15. The number of thioether (sulfide) groups is 1. The Labute approximate surface area is 120 Å². The molecule has 0 aliphatic rings. The smallest absolute Gasteiger partial charge is 0.257 e. The summed E-state index contributed by atoms with van der Waals surface area (Å²) < 4.78 is 5.54. The first kappa shape index (κ1) is 14.0. The molecular formula is C13H13ClN2O2S. The molecule has 19 heavy (non-hydrogen) atoms. The molecule has 1 N–H and O–H groups in total. The number of hydrogen-bond donors (Lipinski definition) is 1. The highest BCUT2D eigenvalue weighted by molar-refractivity contribution is 8.00. The van der Waals surface area contributed by atoms with Crippen LogP contribution in [0.4, 0.5) is 0 Å². The fourth-order valence-corrected chi connectivity index (χ4v) is 2.40. The molecule has 1 unspecified atom stereocenters. The van der Waals surface area contributed by atoms with Gasteiger partial charge in [-0.1, -0.05) is 29.4 Å². The first-order valence-corrected chi connectivity index (χ1v) is 6.97. The Morgan fingerprint density at radius 3 is 3.21 bits per heavy atom. The van der Waals surface area contributed by atoms with Crippen LogP contribution in [-0.2, 0) is 4.79 Å². The summed E-state index contributed by atoms with van der Waals surface area (Å²) in [6.45, 7) is 5.80. The molecule has 2 rings (SSSR count). The van der Waals surface area contributed by atoms with E-state index in [2.05, 4.69) is 16.9 Å². The number of carbonyl (C=O) groups is 1. The van der Waals surface area contributed by atoms with Crippen molar-refractivity contribution in [2.75, 3.05) is 6.54 Å². The highest BCUT2D eigenvalue weighted by Crippen LogP contribution is 2.28. The lowest BCUT2D eigenvalue weighted by Crippen LogP contribution is -2.30. The average Bonchev–Trinajstić information content (AvgIpc) is 2.77. The molecule has 4 nitrogen and oxygen atoms in total. The molecule has 1 atom stereocenters. The van der Waals surface area contributed by atoms with Gasteiger partial charge in [0.15, 0.2) is 5.58 Å². The molecular weight excluding hydrogens is 284 g/mol. The minimum Gasteiger partial charge on any atom is -0.431 e. The Morgan fingerprint density at radius 1 is 1.68 bits per heavy atom. The lowest BCUT2D eigenvalue weighted by atomic mass is 10.3. The van der Waals surface area contributed by atoms with E-state index >= 15 is 0 Å². The molecule has 1 aromatic heterocycles. The van der Waals surface area contributed by atoms with E-state index < -0.39 is 0 Å². The number of halogens is 1. The molecule has 0 aliphatic carbocycles. The number of nitrogens with one attached hydrogen (secondary N) is 1. The van der Waals surface area contributed by atoms with Crippen molar-refractivity contribution in [3.8, 4) is 0 Å². The van der Waals surface area contributed by atoms with Crippen molar-refractivity contribution >= 4 is 40.4 Å². The van der Waals surface area contributed by atoms with Crippen molar-refractivity contribution in [1.82, 2.24) is 10.3 Å². The van der Waals surface area contributed by atoms with Gasteiger partial charge in [-0.3, -0.25) is 4.79 Å². The topological polar surface area (TPSA) is 55.1 Å². The Bertz CT molecular complexity index is 612. The van der Waals surface area contributed by atoms with Crippen LogP contribution in [0, 0.1) is 0 Å². The van der Waals surface area contributed by atoms with Gasteiger partial charge >= 0.3 is 0 Å². The maximum absolute atomic E-state index is 11.7. The number of carbonyl (C=O) groups excluding carboxylic acids is 1. The highest BCUT2D eigenvalue weighted by atomic mass is 35.5. The molecule has 1 aromatic carbocycles. The second-order valence-corrected chi connectivity index (χ2v) is 5.61. The van der Waals surface area contributed by atoms with Gasteiger partial charge in [0, 0.05) is 11.6 Å². The molecule has 1 heterocycles. The van der Waals surface area contributed by atoms with Crippen molar-refractivity contribution in [1.29, 1.82) is 0 Å². The van der Waals surface area contributed by atoms with E-state index in [1.807, 2.05) is 0 Å². The molecule has 2 aromatic rings. The number of rotatable bonds is 5. The van der Waals surface area contributed by atoms with Crippen LogP contribution in [0.15, 0.2) is 40.5 Å². The molecule has 6 heteroatoms. The molecule has 0 saturated heterocycles. The van der Waals surface area contributed by atoms with Gasteiger partial charge in [0.2, 0.25) is 5.91 Å². The SMILES string of the molecule is C=CCNC(=O)C(C)Sc1nc2cc(Cl)ccc2o1. The van der Waals surface area contributed by atoms with Crippen molar-refractivity contribution < 1.29 is 9.21 Å². The molecule has 0 bridgehead atoms. The highest BCUT2D eigenvalue weighted by Gasteiger charge is 2.17. The quantitative estimate of drug-likeness (QED) is 0.679. The number of oxazole rings is 1. The van der Waals surface area contributed by atoms with Gasteiger partial charge in [-0.2, -0.15) is 0 Å². The number of aromatic nitrogens is 1. The molecule has 1 amide bonds. The summed E-state index contributed by atoms with van der Waals surface area (Å²) in [4.78, 5) is 16.0. The third-order valence-electron chi connectivity index (χ3n) is 2.40. The van der Waals surface area contributed by atoms with Crippen LogP contribution in [0.3, 0.4) is 0 Å². The van der Waals surface area contributed by atoms with Gasteiger partial charge in [0.05, 0.1) is 5.25 Å². The van der Waals surface area contributed by atoms with Crippen molar-refractivity contribution in [2.24, 2.45) is 0 Å². The molecule has 0 radical (unpaired) electrons. The van der Waals surface area contributed by atoms with Crippen molar-refractivity contribution in [2.45, 2.75) is 17.4 Å². The standard InChI is InChI=1S/C13H13ClN2O2S/c1-3-6-15-12(17)8(2)19-13-16-10-7-9(14)4-5-11(10)18-13/h3-5,7-8H,1,6H2,2H3,(H,15,17). The van der Waals surface area contributed by atoms with E-state index in [4.69, 9.17) is 16.0 Å². The van der Waals surface area contributed by atoms with Gasteiger partial charge in [-0.25, -0.2) is 4.98 Å². The number of amides is 1. The largest absolute Gasteiger partial charge is 0.431 e. The maximum Gasteiger partial charge on any atom is 0.257 e. The van der Waals surface area contributed by atoms with Gasteiger partial charge in [-0.05, 0) is 25.1 Å². The van der Waals surface area contributed by atoms with E-state index in [-0.39, 0.29) is 11.2 Å². The number of fused-ring (bicyclic) bond motifs is 1. The van der Waals surface area contributed by atoms with E-state index in [1.165, 1.54) is 11.8 Å². The Balaban J connectivity index is 2.08. The molecule has 100 valence electrons. The molecule has 0 saturated carbocycles. The van der Waals surface area contributed by atoms with Crippen LogP contribution in [0.25, 0.3) is 11.1 Å². The normalized spacial score (nSPS) is 12.3. The van der Waals surface area contributed by atoms with Crippen molar-refractivity contribution in [3.05, 3.63) is 35.9 Å². The summed E-state index contributed by atoms with van der Waals surface area (Å²) in [7, 11) is 0. The Morgan fingerprint density at radius 2 is 2.47 bits per heavy atom. The van der Waals surface area contributed by atoms with Gasteiger partial charge in [-0.15, -0.1) is 6.58 Å². The van der Waals surface area contributed by atoms with E-state index in [0.29, 0.717) is 27.9 Å². The number of benzene rings is 1. The van der Waals surface area contributed by atoms with Crippen LogP contribution in [0.5, 0.6) is 0 Å². The zero-order valence-corrected chi connectivity index (χ0v) is 11.9. The fourth-order valence-electron chi connectivity index (χ4n) is 1.45. The predicted octanol–water partition coefficient (Wildman–Crippen LogP) is 3.26. The third-order valence-corrected chi connectivity index (χ3v) is 3.58. The number of hydrogen-bond acceptors (Lipinski definition) is 4. The average molecular weight is 297 g/mol. The fraction of sp³-hybridized carbons (Fsp3) is 0.231. The van der Waals surface area contributed by atoms with E-state index in [9.17, 15) is 4.79 Å². The lowest BCUT2D eigenvalue weighted by molar-refractivity contribution is -0.120. The van der Waals surface area contributed by atoms with Crippen LogP contribution in [0.2, 0.25) is 5.02 Å². The summed E-state index contributed by atoms with van der Waals surface area (Å²) in [6, 6.07) is 5.23. The van der Waals surface area contributed by atoms with E-state index in [0.717, 1.165) is 0 Å². The second-order valence-electron chi connectivity index (χ2n) is 3.89. The predicted molar refractivity (Wildman–Crippen MR) is 77.5 cm³/mol. The first-order chi connectivity index (χ1) is 9.10. The molecule has 0 aliphatic heterocycles. The second kappa shape index (κ2) is 6.12. The van der Waals surface area contributed by atoms with Crippen molar-refractivity contribution in [3.63, 3.8) is 0 Å². The maximum atomic E-state index is 11.7. The Kier molecular flexibility index (Phi) is 4.50. The van der Waals surface area contributed by atoms with Crippen LogP contribution < -0.4 is 5.32 Å². The van der Waals surface area contributed by atoms with Crippen LogP contribution in [0.1, 0.15) is 6.92 Å². The van der Waals surface area contributed by atoms with Gasteiger partial charge in [0.1, 0.15) is 5.52 Å². The van der Waals surface area contributed by atoms with Crippen LogP contribution >= 0.6 is 23.4 Å². The third kappa shape index (κ3) is 3.52. The summed E-state index contributed by atoms with van der Waals surface area (Å²) in [5, 5.41) is 3.50. The monoisotopic (exact) mass is 296 g/mol. The number of nitrogens with zero attached hydrogens (tertiary/aromatic N) is 1.